The smallest absolute Gasteiger partial charge is 0.332 e. The molecular formula is C10H13ClN4O4. The number of nitrogens with one attached hydrogen (secondary N) is 1. The zero-order valence-corrected chi connectivity index (χ0v) is 11.4. The van der Waals surface area contributed by atoms with Gasteiger partial charge in [-0.05, 0) is 32.4 Å². The molecule has 0 amide bonds. The van der Waals surface area contributed by atoms with Crippen molar-refractivity contribution in [2.75, 3.05) is 11.9 Å². The summed E-state index contributed by atoms with van der Waals surface area (Å²) in [6.45, 7) is 4.83. The molecule has 0 spiro atoms. The molecule has 1 atom stereocenters. The van der Waals surface area contributed by atoms with Gasteiger partial charge in [-0.15, -0.1) is 0 Å². The van der Waals surface area contributed by atoms with E-state index in [0.717, 1.165) is 0 Å². The van der Waals surface area contributed by atoms with Gasteiger partial charge in [0.25, 0.3) is 0 Å². The zero-order valence-electron chi connectivity index (χ0n) is 10.6. The third kappa shape index (κ3) is 3.75. The second kappa shape index (κ2) is 6.28. The number of aromatic nitrogens is 2. The highest BCUT2D eigenvalue weighted by atomic mass is 35.5. The number of anilines is 1. The van der Waals surface area contributed by atoms with Crippen molar-refractivity contribution in [1.29, 1.82) is 0 Å². The predicted octanol–water partition coefficient (Wildman–Crippen LogP) is 1.71. The van der Waals surface area contributed by atoms with Gasteiger partial charge >= 0.3 is 11.7 Å². The Bertz CT molecular complexity index is 509. The van der Waals surface area contributed by atoms with Gasteiger partial charge in [-0.2, -0.15) is 4.98 Å². The number of aryl methyl sites for hydroxylation is 1. The van der Waals surface area contributed by atoms with Crippen LogP contribution in [0.5, 0.6) is 0 Å². The molecule has 1 aromatic heterocycles. The Hall–Kier alpha value is -1.96. The number of carbonyl (C=O) groups excluding carboxylic acids is 1. The van der Waals surface area contributed by atoms with Gasteiger partial charge in [-0.25, -0.2) is 9.78 Å². The summed E-state index contributed by atoms with van der Waals surface area (Å²) in [7, 11) is 0. The summed E-state index contributed by atoms with van der Waals surface area (Å²) in [5.74, 6) is -0.646. The van der Waals surface area contributed by atoms with Crippen LogP contribution < -0.4 is 5.32 Å². The highest BCUT2D eigenvalue weighted by molar-refractivity contribution is 6.28. The molecule has 0 saturated carbocycles. The van der Waals surface area contributed by atoms with E-state index < -0.39 is 16.9 Å². The highest BCUT2D eigenvalue weighted by Crippen LogP contribution is 2.26. The minimum atomic E-state index is -0.788. The first-order valence-corrected chi connectivity index (χ1v) is 5.86. The lowest BCUT2D eigenvalue weighted by molar-refractivity contribution is -0.385. The van der Waals surface area contributed by atoms with E-state index >= 15 is 0 Å². The van der Waals surface area contributed by atoms with Crippen molar-refractivity contribution in [2.24, 2.45) is 0 Å². The van der Waals surface area contributed by atoms with Crippen LogP contribution in [0, 0.1) is 17.0 Å². The number of carbonyl (C=O) groups is 1. The lowest BCUT2D eigenvalue weighted by atomic mass is 10.3. The Morgan fingerprint density at radius 3 is 2.74 bits per heavy atom. The van der Waals surface area contributed by atoms with Crippen LogP contribution in [-0.2, 0) is 9.53 Å². The Labute approximate surface area is 114 Å². The fraction of sp³-hybridized carbons (Fsp3) is 0.500. The first-order valence-electron chi connectivity index (χ1n) is 5.48. The third-order valence-electron chi connectivity index (χ3n) is 2.21. The van der Waals surface area contributed by atoms with Crippen LogP contribution in [0.2, 0.25) is 5.28 Å². The number of hydrogen-bond donors (Lipinski definition) is 1. The van der Waals surface area contributed by atoms with E-state index in [4.69, 9.17) is 16.3 Å². The molecule has 104 valence electrons. The molecule has 1 aromatic rings. The Morgan fingerprint density at radius 2 is 2.21 bits per heavy atom. The zero-order chi connectivity index (χ0) is 14.6. The van der Waals surface area contributed by atoms with Crippen molar-refractivity contribution in [1.82, 2.24) is 9.97 Å². The van der Waals surface area contributed by atoms with Gasteiger partial charge in [0.15, 0.2) is 0 Å². The fourth-order valence-corrected chi connectivity index (χ4v) is 1.59. The molecule has 0 radical (unpaired) electrons. The molecule has 1 rings (SSSR count). The molecule has 1 unspecified atom stereocenters. The number of rotatable bonds is 5. The summed E-state index contributed by atoms with van der Waals surface area (Å²) in [5.41, 5.74) is -0.205. The number of nitro groups is 1. The number of esters is 1. The number of ether oxygens (including phenoxy) is 1. The fourth-order valence-electron chi connectivity index (χ4n) is 1.38. The van der Waals surface area contributed by atoms with Crippen molar-refractivity contribution >= 4 is 29.1 Å². The van der Waals surface area contributed by atoms with Crippen molar-refractivity contribution in [3.63, 3.8) is 0 Å². The third-order valence-corrected chi connectivity index (χ3v) is 2.38. The molecule has 0 aliphatic rings. The van der Waals surface area contributed by atoms with E-state index in [0.29, 0.717) is 0 Å². The van der Waals surface area contributed by atoms with Crippen LogP contribution in [0.1, 0.15) is 19.5 Å². The second-order valence-corrected chi connectivity index (χ2v) is 3.99. The first-order chi connectivity index (χ1) is 8.86. The number of halogens is 1. The lowest BCUT2D eigenvalue weighted by Crippen LogP contribution is -2.29. The van der Waals surface area contributed by atoms with Crippen LogP contribution in [0.25, 0.3) is 0 Å². The molecule has 0 aliphatic heterocycles. The van der Waals surface area contributed by atoms with Gasteiger partial charge in [-0.3, -0.25) is 10.1 Å². The highest BCUT2D eigenvalue weighted by Gasteiger charge is 2.25. The number of nitrogens with zero attached hydrogens (tertiary/aromatic N) is 3. The quantitative estimate of drug-likeness (QED) is 0.380. The van der Waals surface area contributed by atoms with Crippen LogP contribution >= 0.6 is 11.6 Å². The largest absolute Gasteiger partial charge is 0.464 e. The van der Waals surface area contributed by atoms with Crippen LogP contribution in [0.4, 0.5) is 11.5 Å². The van der Waals surface area contributed by atoms with Gasteiger partial charge in [-0.1, -0.05) is 0 Å². The van der Waals surface area contributed by atoms with Crippen LogP contribution in [0.15, 0.2) is 0 Å². The second-order valence-electron chi connectivity index (χ2n) is 3.65. The van der Waals surface area contributed by atoms with Crippen molar-refractivity contribution in [2.45, 2.75) is 26.8 Å². The maximum Gasteiger partial charge on any atom is 0.332 e. The molecule has 19 heavy (non-hydrogen) atoms. The normalized spacial score (nSPS) is 11.8. The van der Waals surface area contributed by atoms with E-state index in [9.17, 15) is 14.9 Å². The minimum absolute atomic E-state index is 0.108. The van der Waals surface area contributed by atoms with Gasteiger partial charge in [0.2, 0.25) is 11.1 Å². The molecule has 1 heterocycles. The molecule has 0 aliphatic carbocycles. The van der Waals surface area contributed by atoms with E-state index in [1.165, 1.54) is 13.8 Å². The number of hydrogen-bond acceptors (Lipinski definition) is 7. The lowest BCUT2D eigenvalue weighted by Gasteiger charge is -2.13. The summed E-state index contributed by atoms with van der Waals surface area (Å²) in [6, 6.07) is -0.788. The van der Waals surface area contributed by atoms with Gasteiger partial charge < -0.3 is 10.1 Å². The van der Waals surface area contributed by atoms with Gasteiger partial charge in [0.1, 0.15) is 11.7 Å². The van der Waals surface area contributed by atoms with E-state index in [1.54, 1.807) is 6.92 Å². The Kier molecular flexibility index (Phi) is 4.99. The topological polar surface area (TPSA) is 107 Å². The Morgan fingerprint density at radius 1 is 1.58 bits per heavy atom. The Balaban J connectivity index is 3.06. The van der Waals surface area contributed by atoms with Gasteiger partial charge in [0.05, 0.1) is 11.5 Å². The minimum Gasteiger partial charge on any atom is -0.464 e. The summed E-state index contributed by atoms with van der Waals surface area (Å²) in [5, 5.41) is 13.4. The summed E-state index contributed by atoms with van der Waals surface area (Å²) >= 11 is 5.65. The molecule has 8 nitrogen and oxygen atoms in total. The van der Waals surface area contributed by atoms with E-state index in [2.05, 4.69) is 15.3 Å². The van der Waals surface area contributed by atoms with Crippen molar-refractivity contribution < 1.29 is 14.5 Å². The van der Waals surface area contributed by atoms with Crippen LogP contribution in [-0.4, -0.2) is 33.5 Å². The van der Waals surface area contributed by atoms with E-state index in [1.807, 2.05) is 0 Å². The molecule has 0 aromatic carbocycles. The molecule has 1 N–H and O–H groups in total. The van der Waals surface area contributed by atoms with E-state index in [-0.39, 0.29) is 29.1 Å². The summed E-state index contributed by atoms with van der Waals surface area (Å²) < 4.78 is 4.79. The SMILES string of the molecule is CCOC(=O)C(C)Nc1nc(Cl)nc(C)c1[N+](=O)[O-]. The summed E-state index contributed by atoms with van der Waals surface area (Å²) in [4.78, 5) is 29.2. The molecule has 9 heteroatoms. The molecular weight excluding hydrogens is 276 g/mol. The van der Waals surface area contributed by atoms with Crippen molar-refractivity contribution in [3.05, 3.63) is 21.1 Å². The summed E-state index contributed by atoms with van der Waals surface area (Å²) in [6.07, 6.45) is 0. The standard InChI is InChI=1S/C10H13ClN4O4/c1-4-19-9(16)6(3)12-8-7(15(17)18)5(2)13-10(11)14-8/h6H,4H2,1-3H3,(H,12,13,14). The maximum atomic E-state index is 11.5. The predicted molar refractivity (Wildman–Crippen MR) is 68.2 cm³/mol. The molecule has 0 fully saturated rings. The van der Waals surface area contributed by atoms with Crippen LogP contribution in [0.3, 0.4) is 0 Å². The maximum absolute atomic E-state index is 11.5. The monoisotopic (exact) mass is 288 g/mol. The van der Waals surface area contributed by atoms with Crippen molar-refractivity contribution in [3.8, 4) is 0 Å². The average molecular weight is 289 g/mol. The van der Waals surface area contributed by atoms with Gasteiger partial charge in [0, 0.05) is 0 Å². The molecule has 0 saturated heterocycles. The average Bonchev–Trinajstić information content (AvgIpc) is 2.27. The first kappa shape index (κ1) is 15.1. The molecule has 0 bridgehead atoms.